The first-order chi connectivity index (χ1) is 14.8. The van der Waals surface area contributed by atoms with Gasteiger partial charge in [-0.05, 0) is 55.7 Å². The molecule has 1 aliphatic heterocycles. The van der Waals surface area contributed by atoms with E-state index in [0.29, 0.717) is 37.2 Å². The molecule has 31 heavy (non-hydrogen) atoms. The first-order valence-corrected chi connectivity index (χ1v) is 11.7. The summed E-state index contributed by atoms with van der Waals surface area (Å²) >= 11 is 0. The monoisotopic (exact) mass is 447 g/mol. The number of amides is 2. The second-order valence-corrected chi connectivity index (χ2v) is 9.38. The molecule has 0 aliphatic carbocycles. The number of sulfonamides is 1. The number of anilines is 1. The van der Waals surface area contributed by atoms with Gasteiger partial charge in [0.05, 0.1) is 22.1 Å². The summed E-state index contributed by atoms with van der Waals surface area (Å²) in [6, 6.07) is 11.4. The molecule has 0 spiro atoms. The number of carbonyl (C=O) groups excluding carboxylic acids is 2. The molecule has 1 aliphatic rings. The van der Waals surface area contributed by atoms with Crippen LogP contribution in [0.4, 0.5) is 10.1 Å². The SMILES string of the molecule is CCCNC(=O)c1ccccc1NC(=O)C1CCCN(S(=O)(=O)c2ccc(F)cc2)C1. The Morgan fingerprint density at radius 2 is 1.84 bits per heavy atom. The summed E-state index contributed by atoms with van der Waals surface area (Å²) in [6.45, 7) is 2.79. The van der Waals surface area contributed by atoms with Crippen molar-refractivity contribution in [2.75, 3.05) is 25.0 Å². The third-order valence-corrected chi connectivity index (χ3v) is 7.05. The lowest BCUT2D eigenvalue weighted by Crippen LogP contribution is -2.43. The van der Waals surface area contributed by atoms with E-state index in [1.807, 2.05) is 6.92 Å². The molecule has 2 amide bonds. The maximum Gasteiger partial charge on any atom is 0.253 e. The molecule has 3 rings (SSSR count). The molecule has 2 aromatic rings. The van der Waals surface area contributed by atoms with Crippen molar-refractivity contribution in [3.8, 4) is 0 Å². The summed E-state index contributed by atoms with van der Waals surface area (Å²) in [4.78, 5) is 25.3. The number of nitrogens with zero attached hydrogens (tertiary/aromatic N) is 1. The van der Waals surface area contributed by atoms with Crippen molar-refractivity contribution in [1.82, 2.24) is 9.62 Å². The Balaban J connectivity index is 1.72. The highest BCUT2D eigenvalue weighted by atomic mass is 32.2. The second kappa shape index (κ2) is 10.0. The van der Waals surface area contributed by atoms with E-state index in [4.69, 9.17) is 0 Å². The van der Waals surface area contributed by atoms with Gasteiger partial charge in [-0.3, -0.25) is 9.59 Å². The van der Waals surface area contributed by atoms with Crippen LogP contribution in [0.2, 0.25) is 0 Å². The molecule has 166 valence electrons. The molecule has 1 atom stereocenters. The Morgan fingerprint density at radius 3 is 2.55 bits per heavy atom. The molecule has 2 aromatic carbocycles. The number of para-hydroxylation sites is 1. The molecule has 1 unspecified atom stereocenters. The molecule has 0 bridgehead atoms. The largest absolute Gasteiger partial charge is 0.352 e. The summed E-state index contributed by atoms with van der Waals surface area (Å²) in [5.41, 5.74) is 0.746. The van der Waals surface area contributed by atoms with Crippen molar-refractivity contribution in [1.29, 1.82) is 0 Å². The molecular formula is C22H26FN3O4S. The highest BCUT2D eigenvalue weighted by molar-refractivity contribution is 7.89. The lowest BCUT2D eigenvalue weighted by Gasteiger charge is -2.31. The van der Waals surface area contributed by atoms with Crippen LogP contribution in [-0.4, -0.2) is 44.2 Å². The lowest BCUT2D eigenvalue weighted by molar-refractivity contribution is -0.120. The number of hydrogen-bond donors (Lipinski definition) is 2. The highest BCUT2D eigenvalue weighted by Crippen LogP contribution is 2.25. The first kappa shape index (κ1) is 22.9. The van der Waals surface area contributed by atoms with Gasteiger partial charge in [-0.25, -0.2) is 12.8 Å². The van der Waals surface area contributed by atoms with E-state index in [0.717, 1.165) is 18.6 Å². The quantitative estimate of drug-likeness (QED) is 0.682. The number of benzene rings is 2. The summed E-state index contributed by atoms with van der Waals surface area (Å²) in [7, 11) is -3.83. The Labute approximate surface area is 181 Å². The fourth-order valence-corrected chi connectivity index (χ4v) is 5.01. The summed E-state index contributed by atoms with van der Waals surface area (Å²) in [5.74, 6) is -1.69. The van der Waals surface area contributed by atoms with Gasteiger partial charge >= 0.3 is 0 Å². The fraction of sp³-hybridized carbons (Fsp3) is 0.364. The van der Waals surface area contributed by atoms with Crippen molar-refractivity contribution in [2.45, 2.75) is 31.1 Å². The molecule has 0 radical (unpaired) electrons. The van der Waals surface area contributed by atoms with Crippen molar-refractivity contribution >= 4 is 27.5 Å². The normalized spacial score (nSPS) is 17.2. The van der Waals surface area contributed by atoms with E-state index in [9.17, 15) is 22.4 Å². The minimum Gasteiger partial charge on any atom is -0.352 e. The topological polar surface area (TPSA) is 95.6 Å². The summed E-state index contributed by atoms with van der Waals surface area (Å²) in [5, 5.41) is 5.57. The van der Waals surface area contributed by atoms with Gasteiger partial charge in [0.2, 0.25) is 15.9 Å². The summed E-state index contributed by atoms with van der Waals surface area (Å²) < 4.78 is 40.2. The zero-order valence-corrected chi connectivity index (χ0v) is 18.1. The number of piperidine rings is 1. The molecule has 1 fully saturated rings. The zero-order valence-electron chi connectivity index (χ0n) is 17.3. The molecule has 0 saturated carbocycles. The van der Waals surface area contributed by atoms with E-state index >= 15 is 0 Å². The van der Waals surface area contributed by atoms with Crippen LogP contribution in [-0.2, 0) is 14.8 Å². The molecule has 1 saturated heterocycles. The third kappa shape index (κ3) is 5.48. The van der Waals surface area contributed by atoms with Crippen LogP contribution in [0.3, 0.4) is 0 Å². The van der Waals surface area contributed by atoms with Crippen LogP contribution in [0, 0.1) is 11.7 Å². The Kier molecular flexibility index (Phi) is 7.40. The van der Waals surface area contributed by atoms with Gasteiger partial charge in [0.25, 0.3) is 5.91 Å². The van der Waals surface area contributed by atoms with Crippen LogP contribution in [0.15, 0.2) is 53.4 Å². The van der Waals surface area contributed by atoms with Crippen molar-refractivity contribution in [3.05, 3.63) is 59.9 Å². The minimum atomic E-state index is -3.83. The predicted molar refractivity (Wildman–Crippen MR) is 116 cm³/mol. The van der Waals surface area contributed by atoms with Crippen molar-refractivity contribution in [3.63, 3.8) is 0 Å². The summed E-state index contributed by atoms with van der Waals surface area (Å²) in [6.07, 6.45) is 1.85. The van der Waals surface area contributed by atoms with Crippen LogP contribution >= 0.6 is 0 Å². The van der Waals surface area contributed by atoms with Crippen LogP contribution in [0.1, 0.15) is 36.5 Å². The Morgan fingerprint density at radius 1 is 1.13 bits per heavy atom. The van der Waals surface area contributed by atoms with Gasteiger partial charge in [-0.1, -0.05) is 19.1 Å². The maximum atomic E-state index is 13.2. The van der Waals surface area contributed by atoms with E-state index in [-0.39, 0.29) is 23.3 Å². The fourth-order valence-electron chi connectivity index (χ4n) is 3.49. The molecule has 0 aromatic heterocycles. The van der Waals surface area contributed by atoms with Gasteiger partial charge in [0.1, 0.15) is 5.82 Å². The standard InChI is InChI=1S/C22H26FN3O4S/c1-2-13-24-22(28)19-7-3-4-8-20(19)25-21(27)16-6-5-14-26(15-16)31(29,30)18-11-9-17(23)10-12-18/h3-4,7-12,16H,2,5-6,13-15H2,1H3,(H,24,28)(H,25,27). The first-order valence-electron chi connectivity index (χ1n) is 10.3. The number of carbonyl (C=O) groups is 2. The van der Waals surface area contributed by atoms with Gasteiger partial charge in [-0.2, -0.15) is 4.31 Å². The van der Waals surface area contributed by atoms with Crippen molar-refractivity contribution < 1.29 is 22.4 Å². The van der Waals surface area contributed by atoms with E-state index in [1.54, 1.807) is 24.3 Å². The van der Waals surface area contributed by atoms with Crippen LogP contribution in [0.25, 0.3) is 0 Å². The smallest absolute Gasteiger partial charge is 0.253 e. The van der Waals surface area contributed by atoms with E-state index in [1.165, 1.54) is 16.4 Å². The predicted octanol–water partition coefficient (Wildman–Crippen LogP) is 3.00. The third-order valence-electron chi connectivity index (χ3n) is 5.17. The second-order valence-electron chi connectivity index (χ2n) is 7.45. The van der Waals surface area contributed by atoms with Crippen LogP contribution in [0.5, 0.6) is 0 Å². The zero-order chi connectivity index (χ0) is 22.4. The minimum absolute atomic E-state index is 0.00657. The average Bonchev–Trinajstić information content (AvgIpc) is 2.78. The number of halogens is 1. The molecule has 9 heteroatoms. The van der Waals surface area contributed by atoms with Gasteiger partial charge in [0, 0.05) is 19.6 Å². The number of hydrogen-bond acceptors (Lipinski definition) is 4. The highest BCUT2D eigenvalue weighted by Gasteiger charge is 2.33. The van der Waals surface area contributed by atoms with E-state index in [2.05, 4.69) is 10.6 Å². The average molecular weight is 448 g/mol. The molecule has 2 N–H and O–H groups in total. The molecule has 1 heterocycles. The molecular weight excluding hydrogens is 421 g/mol. The maximum absolute atomic E-state index is 13.2. The van der Waals surface area contributed by atoms with Gasteiger partial charge in [0.15, 0.2) is 0 Å². The van der Waals surface area contributed by atoms with Crippen LogP contribution < -0.4 is 10.6 Å². The van der Waals surface area contributed by atoms with Crippen molar-refractivity contribution in [2.24, 2.45) is 5.92 Å². The van der Waals surface area contributed by atoms with E-state index < -0.39 is 21.8 Å². The lowest BCUT2D eigenvalue weighted by atomic mass is 9.98. The Bertz CT molecular complexity index is 1040. The molecule has 7 nitrogen and oxygen atoms in total. The Hall–Kier alpha value is -2.78. The van der Waals surface area contributed by atoms with Gasteiger partial charge in [-0.15, -0.1) is 0 Å². The number of nitrogens with one attached hydrogen (secondary N) is 2. The number of rotatable bonds is 7. The van der Waals surface area contributed by atoms with Gasteiger partial charge < -0.3 is 10.6 Å².